The molecule has 0 amide bonds. The van der Waals surface area contributed by atoms with E-state index >= 15 is 0 Å². The summed E-state index contributed by atoms with van der Waals surface area (Å²) in [5.74, 6) is 4.50. The van der Waals surface area contributed by atoms with Crippen molar-refractivity contribution < 1.29 is 9.53 Å². The Morgan fingerprint density at radius 3 is 3.08 bits per heavy atom. The summed E-state index contributed by atoms with van der Waals surface area (Å²) in [5.41, 5.74) is 0.688. The molecule has 0 aliphatic carbocycles. The molecule has 0 N–H and O–H groups in total. The second-order valence-electron chi connectivity index (χ2n) is 2.31. The predicted molar refractivity (Wildman–Crippen MR) is 46.7 cm³/mol. The van der Waals surface area contributed by atoms with Gasteiger partial charge in [-0.1, -0.05) is 0 Å². The van der Waals surface area contributed by atoms with Crippen LogP contribution < -0.4 is 0 Å². The van der Waals surface area contributed by atoms with E-state index in [1.54, 1.807) is 30.9 Å². The molecule has 1 aromatic heterocycles. The highest BCUT2D eigenvalue weighted by atomic mass is 16.5. The Kier molecular flexibility index (Phi) is 3.09. The van der Waals surface area contributed by atoms with Crippen LogP contribution in [-0.2, 0) is 16.6 Å². The first kappa shape index (κ1) is 9.33. The van der Waals surface area contributed by atoms with Gasteiger partial charge >= 0.3 is 5.97 Å². The molecule has 0 aliphatic heterocycles. The lowest BCUT2D eigenvalue weighted by Crippen LogP contribution is -2.00. The lowest BCUT2D eigenvalue weighted by atomic mass is 10.4. The minimum atomic E-state index is -0.510. The molecule has 0 fully saturated rings. The molecule has 0 spiro atoms. The van der Waals surface area contributed by atoms with E-state index in [-0.39, 0.29) is 0 Å². The molecule has 4 heteroatoms. The van der Waals surface area contributed by atoms with E-state index in [1.807, 2.05) is 0 Å². The van der Waals surface area contributed by atoms with E-state index in [0.29, 0.717) is 12.3 Å². The van der Waals surface area contributed by atoms with Gasteiger partial charge < -0.3 is 4.74 Å². The molecule has 0 atom stereocenters. The summed E-state index contributed by atoms with van der Waals surface area (Å²) in [5, 5.41) is 3.90. The van der Waals surface area contributed by atoms with Gasteiger partial charge in [-0.2, -0.15) is 5.10 Å². The van der Waals surface area contributed by atoms with Crippen molar-refractivity contribution in [2.75, 3.05) is 6.61 Å². The van der Waals surface area contributed by atoms with Gasteiger partial charge in [0.1, 0.15) is 5.69 Å². The number of hydrogen-bond acceptors (Lipinski definition) is 3. The second kappa shape index (κ2) is 4.31. The molecule has 0 saturated carbocycles. The SMILES string of the molecule is CCOC(=O)C#Cc1ccnn1C. The van der Waals surface area contributed by atoms with Crippen LogP contribution in [0.4, 0.5) is 0 Å². The van der Waals surface area contributed by atoms with Crippen LogP contribution in [0, 0.1) is 11.8 Å². The Balaban J connectivity index is 2.67. The van der Waals surface area contributed by atoms with Crippen molar-refractivity contribution in [3.8, 4) is 11.8 Å². The number of carbonyl (C=O) groups excluding carboxylic acids is 1. The number of aryl methyl sites for hydroxylation is 1. The van der Waals surface area contributed by atoms with Gasteiger partial charge in [-0.05, 0) is 18.9 Å². The summed E-state index contributed by atoms with van der Waals surface area (Å²) >= 11 is 0. The van der Waals surface area contributed by atoms with Crippen molar-refractivity contribution in [1.82, 2.24) is 9.78 Å². The van der Waals surface area contributed by atoms with Gasteiger partial charge in [0.05, 0.1) is 12.8 Å². The Morgan fingerprint density at radius 1 is 1.77 bits per heavy atom. The molecule has 0 unspecified atom stereocenters. The fourth-order valence-corrected chi connectivity index (χ4v) is 0.779. The van der Waals surface area contributed by atoms with Gasteiger partial charge in [0.15, 0.2) is 0 Å². The van der Waals surface area contributed by atoms with E-state index in [1.165, 1.54) is 0 Å². The van der Waals surface area contributed by atoms with Gasteiger partial charge in [-0.25, -0.2) is 4.79 Å². The van der Waals surface area contributed by atoms with Gasteiger partial charge in [-0.15, -0.1) is 0 Å². The van der Waals surface area contributed by atoms with Crippen LogP contribution in [0.15, 0.2) is 12.3 Å². The fourth-order valence-electron chi connectivity index (χ4n) is 0.779. The topological polar surface area (TPSA) is 44.1 Å². The molecule has 1 aromatic rings. The van der Waals surface area contributed by atoms with Crippen molar-refractivity contribution in [2.24, 2.45) is 7.05 Å². The van der Waals surface area contributed by atoms with E-state index < -0.39 is 5.97 Å². The first-order valence-corrected chi connectivity index (χ1v) is 3.91. The number of hydrogen-bond donors (Lipinski definition) is 0. The molecule has 0 aromatic carbocycles. The third-order valence-electron chi connectivity index (χ3n) is 1.39. The standard InChI is InChI=1S/C9H10N2O2/c1-3-13-9(12)5-4-8-6-7-10-11(8)2/h6-7H,3H2,1-2H3. The zero-order chi connectivity index (χ0) is 9.68. The number of carbonyl (C=O) groups is 1. The number of rotatable bonds is 1. The van der Waals surface area contributed by atoms with Crippen molar-refractivity contribution in [1.29, 1.82) is 0 Å². The lowest BCUT2D eigenvalue weighted by molar-refractivity contribution is -0.136. The summed E-state index contributed by atoms with van der Waals surface area (Å²) in [4.78, 5) is 10.8. The Bertz CT molecular complexity index is 357. The molecule has 4 nitrogen and oxygen atoms in total. The van der Waals surface area contributed by atoms with Crippen molar-refractivity contribution in [3.05, 3.63) is 18.0 Å². The molecule has 0 aliphatic rings. The summed E-state index contributed by atoms with van der Waals surface area (Å²) in [6.45, 7) is 2.09. The van der Waals surface area contributed by atoms with E-state index in [4.69, 9.17) is 0 Å². The molecule has 0 radical (unpaired) electrons. The molecule has 68 valence electrons. The highest BCUT2D eigenvalue weighted by molar-refractivity contribution is 5.88. The second-order valence-corrected chi connectivity index (χ2v) is 2.31. The minimum Gasteiger partial charge on any atom is -0.456 e. The molecule has 1 rings (SSSR count). The van der Waals surface area contributed by atoms with Gasteiger partial charge in [0, 0.05) is 13.0 Å². The van der Waals surface area contributed by atoms with Crippen LogP contribution in [0.1, 0.15) is 12.6 Å². The number of ether oxygens (including phenoxy) is 1. The van der Waals surface area contributed by atoms with Crippen LogP contribution in [0.3, 0.4) is 0 Å². The van der Waals surface area contributed by atoms with E-state index in [0.717, 1.165) is 0 Å². The molecular formula is C9H10N2O2. The Hall–Kier alpha value is -1.76. The smallest absolute Gasteiger partial charge is 0.384 e. The Labute approximate surface area is 76.5 Å². The lowest BCUT2D eigenvalue weighted by Gasteiger charge is -1.91. The third kappa shape index (κ3) is 2.64. The minimum absolute atomic E-state index is 0.346. The van der Waals surface area contributed by atoms with Crippen molar-refractivity contribution >= 4 is 5.97 Å². The van der Waals surface area contributed by atoms with Gasteiger partial charge in [-0.3, -0.25) is 4.68 Å². The number of esters is 1. The average molecular weight is 178 g/mol. The highest BCUT2D eigenvalue weighted by Crippen LogP contribution is 1.91. The van der Waals surface area contributed by atoms with Gasteiger partial charge in [0.2, 0.25) is 0 Å². The fraction of sp³-hybridized carbons (Fsp3) is 0.333. The molecule has 13 heavy (non-hydrogen) atoms. The summed E-state index contributed by atoms with van der Waals surface area (Å²) in [7, 11) is 1.76. The average Bonchev–Trinajstić information content (AvgIpc) is 2.48. The summed E-state index contributed by atoms with van der Waals surface area (Å²) in [6.07, 6.45) is 1.62. The monoisotopic (exact) mass is 178 g/mol. The van der Waals surface area contributed by atoms with Gasteiger partial charge in [0.25, 0.3) is 0 Å². The maximum Gasteiger partial charge on any atom is 0.384 e. The Morgan fingerprint density at radius 2 is 2.54 bits per heavy atom. The largest absolute Gasteiger partial charge is 0.456 e. The van der Waals surface area contributed by atoms with Crippen molar-refractivity contribution in [2.45, 2.75) is 6.92 Å². The van der Waals surface area contributed by atoms with Crippen LogP contribution in [0.25, 0.3) is 0 Å². The molecular weight excluding hydrogens is 168 g/mol. The van der Waals surface area contributed by atoms with Crippen molar-refractivity contribution in [3.63, 3.8) is 0 Å². The maximum absolute atomic E-state index is 10.8. The zero-order valence-corrected chi connectivity index (χ0v) is 7.57. The first-order chi connectivity index (χ1) is 6.24. The van der Waals surface area contributed by atoms with Crippen LogP contribution in [-0.4, -0.2) is 22.4 Å². The quantitative estimate of drug-likeness (QED) is 0.460. The van der Waals surface area contributed by atoms with E-state index in [2.05, 4.69) is 21.7 Å². The third-order valence-corrected chi connectivity index (χ3v) is 1.39. The highest BCUT2D eigenvalue weighted by Gasteiger charge is 1.95. The molecule has 0 bridgehead atoms. The molecule has 1 heterocycles. The normalized spacial score (nSPS) is 8.77. The number of aromatic nitrogens is 2. The van der Waals surface area contributed by atoms with E-state index in [9.17, 15) is 4.79 Å². The maximum atomic E-state index is 10.8. The summed E-state index contributed by atoms with van der Waals surface area (Å²) < 4.78 is 6.23. The van der Waals surface area contributed by atoms with Crippen LogP contribution in [0.5, 0.6) is 0 Å². The predicted octanol–water partition coefficient (Wildman–Crippen LogP) is 0.335. The zero-order valence-electron chi connectivity index (χ0n) is 7.57. The number of nitrogens with zero attached hydrogens (tertiary/aromatic N) is 2. The van der Waals surface area contributed by atoms with Crippen LogP contribution >= 0.6 is 0 Å². The molecule has 0 saturated heterocycles. The first-order valence-electron chi connectivity index (χ1n) is 3.91. The summed E-state index contributed by atoms with van der Waals surface area (Å²) in [6, 6.07) is 1.73. The van der Waals surface area contributed by atoms with Crippen LogP contribution in [0.2, 0.25) is 0 Å².